The molecule has 2 rings (SSSR count). The number of halogens is 1. The molecule has 0 spiro atoms. The molecule has 0 unspecified atom stereocenters. The van der Waals surface area contributed by atoms with E-state index in [0.29, 0.717) is 23.0 Å². The zero-order valence-electron chi connectivity index (χ0n) is 12.5. The zero-order chi connectivity index (χ0) is 16.8. The molecule has 0 radical (unpaired) electrons. The standard InChI is InChI=1S/C15H15ClN4O3/c1-10(20-7-6-13(21)19-15(20)22)9-18-14(17-2)23-12-5-3-4-11(16)8-12/h3-5,8-9H,2,6-7H2,1H3,(H,19,21,22)/b10-9+,18-14+. The molecule has 1 fully saturated rings. The maximum Gasteiger partial charge on any atom is 0.328 e. The molecule has 1 aliphatic rings. The number of rotatable bonds is 3. The topological polar surface area (TPSA) is 83.4 Å². The van der Waals surface area contributed by atoms with Gasteiger partial charge in [0.05, 0.1) is 6.20 Å². The van der Waals surface area contributed by atoms with E-state index in [4.69, 9.17) is 16.3 Å². The summed E-state index contributed by atoms with van der Waals surface area (Å²) in [5.74, 6) is 0.177. The lowest BCUT2D eigenvalue weighted by molar-refractivity contribution is -0.121. The van der Waals surface area contributed by atoms with Crippen LogP contribution in [0.5, 0.6) is 5.75 Å². The summed E-state index contributed by atoms with van der Waals surface area (Å²) in [5.41, 5.74) is 0.547. The first-order valence-corrected chi connectivity index (χ1v) is 7.13. The average molecular weight is 335 g/mol. The number of hydrogen-bond acceptors (Lipinski definition) is 4. The van der Waals surface area contributed by atoms with Crippen LogP contribution in [-0.2, 0) is 4.79 Å². The number of benzene rings is 1. The van der Waals surface area contributed by atoms with Crippen LogP contribution in [0.15, 0.2) is 46.1 Å². The van der Waals surface area contributed by atoms with Crippen LogP contribution in [0.1, 0.15) is 13.3 Å². The van der Waals surface area contributed by atoms with Crippen LogP contribution in [0, 0.1) is 0 Å². The number of amidine groups is 1. The van der Waals surface area contributed by atoms with E-state index in [9.17, 15) is 9.59 Å². The van der Waals surface area contributed by atoms with Crippen LogP contribution in [0.25, 0.3) is 0 Å². The lowest BCUT2D eigenvalue weighted by Gasteiger charge is -2.26. The summed E-state index contributed by atoms with van der Waals surface area (Å²) >= 11 is 5.87. The molecule has 1 aliphatic heterocycles. The van der Waals surface area contributed by atoms with Crippen LogP contribution in [-0.4, -0.2) is 36.1 Å². The number of nitrogens with zero attached hydrogens (tertiary/aromatic N) is 3. The van der Waals surface area contributed by atoms with Crippen LogP contribution in [0.3, 0.4) is 0 Å². The highest BCUT2D eigenvalue weighted by Gasteiger charge is 2.23. The number of ether oxygens (including phenoxy) is 1. The molecule has 1 heterocycles. The number of urea groups is 1. The van der Waals surface area contributed by atoms with Crippen molar-refractivity contribution < 1.29 is 14.3 Å². The Morgan fingerprint density at radius 2 is 2.26 bits per heavy atom. The van der Waals surface area contributed by atoms with E-state index in [2.05, 4.69) is 22.0 Å². The highest BCUT2D eigenvalue weighted by Crippen LogP contribution is 2.17. The number of allylic oxidation sites excluding steroid dienone is 1. The number of nitrogens with one attached hydrogen (secondary N) is 1. The van der Waals surface area contributed by atoms with Crippen molar-refractivity contribution in [3.05, 3.63) is 41.2 Å². The maximum absolute atomic E-state index is 11.7. The molecule has 1 aromatic rings. The fourth-order valence-electron chi connectivity index (χ4n) is 1.85. The summed E-state index contributed by atoms with van der Waals surface area (Å²) in [5, 5.41) is 2.76. The van der Waals surface area contributed by atoms with Gasteiger partial charge in [0.1, 0.15) is 5.75 Å². The Morgan fingerprint density at radius 3 is 2.91 bits per heavy atom. The van der Waals surface area contributed by atoms with Gasteiger partial charge in [0, 0.05) is 23.7 Å². The Morgan fingerprint density at radius 1 is 1.48 bits per heavy atom. The van der Waals surface area contributed by atoms with Gasteiger partial charge >= 0.3 is 12.1 Å². The van der Waals surface area contributed by atoms with Crippen molar-refractivity contribution in [3.8, 4) is 5.75 Å². The van der Waals surface area contributed by atoms with Gasteiger partial charge in [-0.15, -0.1) is 0 Å². The SMILES string of the molecule is C=N/C(=N\C=C(/C)N1CCC(=O)NC1=O)Oc1cccc(Cl)c1. The number of imide groups is 1. The minimum atomic E-state index is -0.478. The first kappa shape index (κ1) is 16.7. The van der Waals surface area contributed by atoms with Gasteiger partial charge in [-0.3, -0.25) is 15.0 Å². The second kappa shape index (κ2) is 7.55. The van der Waals surface area contributed by atoms with E-state index in [-0.39, 0.29) is 18.3 Å². The first-order valence-electron chi connectivity index (χ1n) is 6.75. The fourth-order valence-corrected chi connectivity index (χ4v) is 2.03. The van der Waals surface area contributed by atoms with Gasteiger partial charge in [-0.2, -0.15) is 0 Å². The quantitative estimate of drug-likeness (QED) is 0.681. The minimum Gasteiger partial charge on any atom is -0.424 e. The molecule has 0 aliphatic carbocycles. The van der Waals surface area contributed by atoms with Crippen LogP contribution in [0.4, 0.5) is 4.79 Å². The molecule has 120 valence electrons. The minimum absolute atomic E-state index is 0.0140. The number of amides is 3. The van der Waals surface area contributed by atoms with Gasteiger partial charge in [-0.05, 0) is 31.8 Å². The highest BCUT2D eigenvalue weighted by atomic mass is 35.5. The average Bonchev–Trinajstić information content (AvgIpc) is 2.51. The van der Waals surface area contributed by atoms with Crippen molar-refractivity contribution in [2.75, 3.05) is 6.54 Å². The molecule has 7 nitrogen and oxygen atoms in total. The molecule has 1 saturated heterocycles. The van der Waals surface area contributed by atoms with Crippen LogP contribution in [0.2, 0.25) is 5.02 Å². The summed E-state index contributed by atoms with van der Waals surface area (Å²) in [6.07, 6.45) is 1.66. The van der Waals surface area contributed by atoms with Crippen molar-refractivity contribution in [2.24, 2.45) is 9.98 Å². The monoisotopic (exact) mass is 334 g/mol. The number of carbonyl (C=O) groups is 2. The third-order valence-corrected chi connectivity index (χ3v) is 3.22. The number of hydrogen-bond donors (Lipinski definition) is 1. The van der Waals surface area contributed by atoms with Crippen molar-refractivity contribution in [1.82, 2.24) is 10.2 Å². The number of aliphatic imine (C=N–C) groups is 2. The van der Waals surface area contributed by atoms with E-state index in [1.54, 1.807) is 31.2 Å². The summed E-state index contributed by atoms with van der Waals surface area (Å²) in [4.78, 5) is 32.0. The summed E-state index contributed by atoms with van der Waals surface area (Å²) < 4.78 is 5.44. The second-order valence-corrected chi connectivity index (χ2v) is 5.09. The van der Waals surface area contributed by atoms with Gasteiger partial charge in [0.15, 0.2) is 0 Å². The van der Waals surface area contributed by atoms with Gasteiger partial charge in [0.25, 0.3) is 0 Å². The van der Waals surface area contributed by atoms with E-state index in [1.165, 1.54) is 11.1 Å². The third kappa shape index (κ3) is 4.65. The van der Waals surface area contributed by atoms with E-state index in [0.717, 1.165) is 0 Å². The normalized spacial score (nSPS) is 16.2. The highest BCUT2D eigenvalue weighted by molar-refractivity contribution is 6.30. The molecule has 0 atom stereocenters. The predicted octanol–water partition coefficient (Wildman–Crippen LogP) is 2.58. The van der Waals surface area contributed by atoms with Gasteiger partial charge < -0.3 is 4.74 Å². The smallest absolute Gasteiger partial charge is 0.328 e. The molecule has 1 aromatic carbocycles. The Labute approximate surface area is 138 Å². The molecule has 3 amide bonds. The Bertz CT molecular complexity index is 700. The number of carbonyl (C=O) groups excluding carboxylic acids is 2. The van der Waals surface area contributed by atoms with Crippen LogP contribution >= 0.6 is 11.6 Å². The third-order valence-electron chi connectivity index (χ3n) is 2.98. The molecule has 8 heteroatoms. The molecule has 1 N–H and O–H groups in total. The maximum atomic E-state index is 11.7. The fraction of sp³-hybridized carbons (Fsp3) is 0.200. The molecule has 0 bridgehead atoms. The summed E-state index contributed by atoms with van der Waals surface area (Å²) in [6.45, 7) is 5.38. The predicted molar refractivity (Wildman–Crippen MR) is 87.7 cm³/mol. The van der Waals surface area contributed by atoms with Gasteiger partial charge in [-0.1, -0.05) is 17.7 Å². The lowest BCUT2D eigenvalue weighted by atomic mass is 10.3. The van der Waals surface area contributed by atoms with Crippen molar-refractivity contribution >= 4 is 36.3 Å². The molecule has 0 aromatic heterocycles. The molecule has 0 saturated carbocycles. The van der Waals surface area contributed by atoms with E-state index < -0.39 is 6.03 Å². The zero-order valence-corrected chi connectivity index (χ0v) is 13.2. The summed E-state index contributed by atoms with van der Waals surface area (Å²) in [6, 6.07) is 6.30. The van der Waals surface area contributed by atoms with Crippen molar-refractivity contribution in [3.63, 3.8) is 0 Å². The lowest BCUT2D eigenvalue weighted by Crippen LogP contribution is -2.48. The van der Waals surface area contributed by atoms with Crippen LogP contribution < -0.4 is 10.1 Å². The second-order valence-electron chi connectivity index (χ2n) is 4.65. The summed E-state index contributed by atoms with van der Waals surface area (Å²) in [7, 11) is 0. The first-order chi connectivity index (χ1) is 11.0. The van der Waals surface area contributed by atoms with Gasteiger partial charge in [-0.25, -0.2) is 14.8 Å². The van der Waals surface area contributed by atoms with Crippen molar-refractivity contribution in [1.29, 1.82) is 0 Å². The Hall–Kier alpha value is -2.67. The molecule has 23 heavy (non-hydrogen) atoms. The van der Waals surface area contributed by atoms with E-state index in [1.807, 2.05) is 0 Å². The Kier molecular flexibility index (Phi) is 5.48. The van der Waals surface area contributed by atoms with Crippen molar-refractivity contribution in [2.45, 2.75) is 13.3 Å². The molecular formula is C15H15ClN4O3. The molecular weight excluding hydrogens is 320 g/mol. The largest absolute Gasteiger partial charge is 0.424 e. The van der Waals surface area contributed by atoms with E-state index >= 15 is 0 Å². The Balaban J connectivity index is 2.09. The van der Waals surface area contributed by atoms with Gasteiger partial charge in [0.2, 0.25) is 5.91 Å².